The summed E-state index contributed by atoms with van der Waals surface area (Å²) in [6, 6.07) is 17.4. The van der Waals surface area contributed by atoms with Crippen molar-refractivity contribution in [3.05, 3.63) is 81.2 Å². The van der Waals surface area contributed by atoms with Crippen molar-refractivity contribution in [3.63, 3.8) is 0 Å². The quantitative estimate of drug-likeness (QED) is 0.696. The number of benzene rings is 2. The molecule has 0 saturated carbocycles. The number of aryl methyl sites for hydroxylation is 1. The summed E-state index contributed by atoms with van der Waals surface area (Å²) < 4.78 is 1.79. The molecule has 1 heterocycles. The van der Waals surface area contributed by atoms with Crippen molar-refractivity contribution in [2.24, 2.45) is 0 Å². The highest BCUT2D eigenvalue weighted by atomic mass is 35.5. The van der Waals surface area contributed by atoms with Gasteiger partial charge in [0.2, 0.25) is 0 Å². The van der Waals surface area contributed by atoms with Gasteiger partial charge in [-0.1, -0.05) is 48.0 Å². The maximum atomic E-state index is 12.6. The van der Waals surface area contributed by atoms with Crippen LogP contribution < -0.4 is 5.56 Å². The summed E-state index contributed by atoms with van der Waals surface area (Å²) in [4.78, 5) is 12.6. The number of aromatic nitrogens is 1. The van der Waals surface area contributed by atoms with Gasteiger partial charge in [-0.2, -0.15) is 0 Å². The van der Waals surface area contributed by atoms with Crippen LogP contribution in [-0.2, 0) is 6.54 Å². The van der Waals surface area contributed by atoms with Gasteiger partial charge in [0, 0.05) is 21.5 Å². The van der Waals surface area contributed by atoms with E-state index in [0.29, 0.717) is 17.0 Å². The summed E-state index contributed by atoms with van der Waals surface area (Å²) in [5.41, 5.74) is 2.03. The van der Waals surface area contributed by atoms with Gasteiger partial charge in [0.25, 0.3) is 5.56 Å². The number of hydrogen-bond donors (Lipinski definition) is 0. The van der Waals surface area contributed by atoms with Crippen LogP contribution in [0.1, 0.15) is 11.3 Å². The summed E-state index contributed by atoms with van der Waals surface area (Å²) in [7, 11) is 0. The van der Waals surface area contributed by atoms with E-state index in [1.54, 1.807) is 4.57 Å². The molecule has 2 nitrogen and oxygen atoms in total. The van der Waals surface area contributed by atoms with Crippen LogP contribution >= 0.6 is 11.6 Å². The molecule has 100 valence electrons. The van der Waals surface area contributed by atoms with E-state index in [2.05, 4.69) is 0 Å². The lowest BCUT2D eigenvalue weighted by Gasteiger charge is -2.12. The summed E-state index contributed by atoms with van der Waals surface area (Å²) >= 11 is 6.17. The van der Waals surface area contributed by atoms with Crippen LogP contribution in [0.2, 0.25) is 5.02 Å². The predicted molar refractivity (Wildman–Crippen MR) is 83.5 cm³/mol. The molecule has 0 aliphatic heterocycles. The molecule has 0 aliphatic rings. The van der Waals surface area contributed by atoms with Gasteiger partial charge in [-0.05, 0) is 30.7 Å². The summed E-state index contributed by atoms with van der Waals surface area (Å²) in [6.07, 6.45) is 0. The van der Waals surface area contributed by atoms with Gasteiger partial charge in [0.15, 0.2) is 0 Å². The van der Waals surface area contributed by atoms with Crippen molar-refractivity contribution >= 4 is 22.4 Å². The molecule has 0 unspecified atom stereocenters. The van der Waals surface area contributed by atoms with Crippen LogP contribution in [0.25, 0.3) is 10.8 Å². The first-order chi connectivity index (χ1) is 9.66. The minimum absolute atomic E-state index is 0.00588. The number of pyridine rings is 1. The lowest BCUT2D eigenvalue weighted by molar-refractivity contribution is 0.738. The monoisotopic (exact) mass is 283 g/mol. The van der Waals surface area contributed by atoms with E-state index in [-0.39, 0.29) is 5.56 Å². The van der Waals surface area contributed by atoms with E-state index >= 15 is 0 Å². The van der Waals surface area contributed by atoms with Crippen molar-refractivity contribution in [1.82, 2.24) is 4.57 Å². The first-order valence-electron chi connectivity index (χ1n) is 6.49. The highest BCUT2D eigenvalue weighted by Gasteiger charge is 2.08. The van der Waals surface area contributed by atoms with E-state index < -0.39 is 0 Å². The lowest BCUT2D eigenvalue weighted by Crippen LogP contribution is -2.23. The Labute approximate surface area is 122 Å². The SMILES string of the molecule is Cc1cc2c(Cl)cccc2c(=O)n1Cc1ccccc1. The highest BCUT2D eigenvalue weighted by Crippen LogP contribution is 2.22. The number of nitrogens with zero attached hydrogens (tertiary/aromatic N) is 1. The molecule has 0 atom stereocenters. The van der Waals surface area contributed by atoms with Crippen molar-refractivity contribution in [2.75, 3.05) is 0 Å². The van der Waals surface area contributed by atoms with E-state index in [0.717, 1.165) is 16.6 Å². The molecular weight excluding hydrogens is 270 g/mol. The molecule has 3 heteroatoms. The molecule has 0 fully saturated rings. The van der Waals surface area contributed by atoms with Crippen LogP contribution in [0.3, 0.4) is 0 Å². The fraction of sp³-hybridized carbons (Fsp3) is 0.118. The number of halogens is 1. The molecule has 3 rings (SSSR count). The van der Waals surface area contributed by atoms with E-state index in [1.807, 2.05) is 61.5 Å². The van der Waals surface area contributed by atoms with Crippen LogP contribution in [0, 0.1) is 6.92 Å². The van der Waals surface area contributed by atoms with Crippen LogP contribution in [-0.4, -0.2) is 4.57 Å². The Balaban J connectivity index is 2.20. The third-order valence-corrected chi connectivity index (χ3v) is 3.82. The largest absolute Gasteiger partial charge is 0.308 e. The van der Waals surface area contributed by atoms with E-state index in [1.165, 1.54) is 0 Å². The van der Waals surface area contributed by atoms with Gasteiger partial charge in [-0.3, -0.25) is 4.79 Å². The Kier molecular flexibility index (Phi) is 3.33. The third-order valence-electron chi connectivity index (χ3n) is 3.49. The van der Waals surface area contributed by atoms with E-state index in [9.17, 15) is 4.79 Å². The smallest absolute Gasteiger partial charge is 0.258 e. The minimum Gasteiger partial charge on any atom is -0.308 e. The Morgan fingerprint density at radius 1 is 1.00 bits per heavy atom. The van der Waals surface area contributed by atoms with Gasteiger partial charge in [-0.25, -0.2) is 0 Å². The number of fused-ring (bicyclic) bond motifs is 1. The Bertz CT molecular complexity index is 822. The molecule has 3 aromatic rings. The first-order valence-corrected chi connectivity index (χ1v) is 6.87. The molecule has 0 N–H and O–H groups in total. The first kappa shape index (κ1) is 12.9. The highest BCUT2D eigenvalue weighted by molar-refractivity contribution is 6.35. The Hall–Kier alpha value is -2.06. The molecule has 0 radical (unpaired) electrons. The standard InChI is InChI=1S/C17H14ClNO/c1-12-10-15-14(8-5-9-16(15)18)17(20)19(12)11-13-6-3-2-4-7-13/h2-10H,11H2,1H3. The average Bonchev–Trinajstić information content (AvgIpc) is 2.46. The zero-order valence-corrected chi connectivity index (χ0v) is 11.9. The maximum absolute atomic E-state index is 12.6. The lowest BCUT2D eigenvalue weighted by atomic mass is 10.1. The Morgan fingerprint density at radius 3 is 2.50 bits per heavy atom. The van der Waals surface area contributed by atoms with Crippen LogP contribution in [0.4, 0.5) is 0 Å². The summed E-state index contributed by atoms with van der Waals surface area (Å²) in [6.45, 7) is 2.51. The molecule has 2 aromatic carbocycles. The number of hydrogen-bond acceptors (Lipinski definition) is 1. The van der Waals surface area contributed by atoms with Crippen molar-refractivity contribution in [1.29, 1.82) is 0 Å². The fourth-order valence-electron chi connectivity index (χ4n) is 2.43. The zero-order chi connectivity index (χ0) is 14.1. The number of rotatable bonds is 2. The second-order valence-electron chi connectivity index (χ2n) is 4.86. The molecule has 0 bridgehead atoms. The van der Waals surface area contributed by atoms with Crippen LogP contribution in [0.5, 0.6) is 0 Å². The minimum atomic E-state index is 0.00588. The fourth-order valence-corrected chi connectivity index (χ4v) is 2.65. The van der Waals surface area contributed by atoms with Gasteiger partial charge in [0.05, 0.1) is 6.54 Å². The molecule has 20 heavy (non-hydrogen) atoms. The average molecular weight is 284 g/mol. The van der Waals surface area contributed by atoms with Crippen molar-refractivity contribution < 1.29 is 0 Å². The summed E-state index contributed by atoms with van der Waals surface area (Å²) in [5.74, 6) is 0. The third kappa shape index (κ3) is 2.23. The molecule has 0 spiro atoms. The molecule has 0 amide bonds. The van der Waals surface area contributed by atoms with Crippen LogP contribution in [0.15, 0.2) is 59.4 Å². The molecule has 1 aromatic heterocycles. The van der Waals surface area contributed by atoms with Crippen molar-refractivity contribution in [3.8, 4) is 0 Å². The second-order valence-corrected chi connectivity index (χ2v) is 5.27. The zero-order valence-electron chi connectivity index (χ0n) is 11.1. The van der Waals surface area contributed by atoms with Gasteiger partial charge >= 0.3 is 0 Å². The topological polar surface area (TPSA) is 22.0 Å². The Morgan fingerprint density at radius 2 is 1.75 bits per heavy atom. The van der Waals surface area contributed by atoms with Gasteiger partial charge in [0.1, 0.15) is 0 Å². The van der Waals surface area contributed by atoms with Crippen molar-refractivity contribution in [2.45, 2.75) is 13.5 Å². The maximum Gasteiger partial charge on any atom is 0.258 e. The van der Waals surface area contributed by atoms with Gasteiger partial charge in [-0.15, -0.1) is 0 Å². The molecule has 0 saturated heterocycles. The summed E-state index contributed by atoms with van der Waals surface area (Å²) in [5, 5.41) is 2.11. The molecular formula is C17H14ClNO. The second kappa shape index (κ2) is 5.14. The normalized spacial score (nSPS) is 10.9. The molecule has 0 aliphatic carbocycles. The van der Waals surface area contributed by atoms with Gasteiger partial charge < -0.3 is 4.57 Å². The van der Waals surface area contributed by atoms with E-state index in [4.69, 9.17) is 11.6 Å². The predicted octanol–water partition coefficient (Wildman–Crippen LogP) is 4.01.